The molecule has 0 heterocycles. The molecule has 0 radical (unpaired) electrons. The summed E-state index contributed by atoms with van der Waals surface area (Å²) in [4.78, 5) is 0. The SMILES string of the molecule is CCC1CCCC(N)(c2cc(Cl)ccc2Cl)CC1. The van der Waals surface area contributed by atoms with Crippen molar-refractivity contribution in [2.24, 2.45) is 11.7 Å². The molecule has 0 aromatic heterocycles. The maximum Gasteiger partial charge on any atom is 0.0457 e. The van der Waals surface area contributed by atoms with Crippen molar-refractivity contribution in [2.45, 2.75) is 51.0 Å². The summed E-state index contributed by atoms with van der Waals surface area (Å²) in [5.41, 5.74) is 7.35. The Kier molecular flexibility index (Phi) is 4.58. The molecule has 3 heteroatoms. The Hall–Kier alpha value is -0.240. The maximum absolute atomic E-state index is 6.62. The molecule has 1 fully saturated rings. The molecule has 100 valence electrons. The molecule has 1 aliphatic carbocycles. The lowest BCUT2D eigenvalue weighted by atomic mass is 9.83. The monoisotopic (exact) mass is 285 g/mol. The first-order valence-electron chi connectivity index (χ1n) is 6.79. The van der Waals surface area contributed by atoms with Crippen LogP contribution >= 0.6 is 23.2 Å². The molecule has 0 aliphatic heterocycles. The van der Waals surface area contributed by atoms with Crippen molar-refractivity contribution in [3.05, 3.63) is 33.8 Å². The molecular weight excluding hydrogens is 265 g/mol. The lowest BCUT2D eigenvalue weighted by Crippen LogP contribution is -2.36. The summed E-state index contributed by atoms with van der Waals surface area (Å²) in [6.45, 7) is 2.26. The first kappa shape index (κ1) is 14.2. The van der Waals surface area contributed by atoms with Crippen LogP contribution in [-0.4, -0.2) is 0 Å². The molecule has 0 bridgehead atoms. The van der Waals surface area contributed by atoms with E-state index >= 15 is 0 Å². The summed E-state index contributed by atoms with van der Waals surface area (Å²) in [5, 5.41) is 1.47. The van der Waals surface area contributed by atoms with Gasteiger partial charge in [-0.25, -0.2) is 0 Å². The Balaban J connectivity index is 2.27. The largest absolute Gasteiger partial charge is 0.321 e. The minimum Gasteiger partial charge on any atom is -0.321 e. The van der Waals surface area contributed by atoms with Gasteiger partial charge in [0.2, 0.25) is 0 Å². The van der Waals surface area contributed by atoms with Crippen LogP contribution in [0.1, 0.15) is 51.0 Å². The summed E-state index contributed by atoms with van der Waals surface area (Å²) in [7, 11) is 0. The van der Waals surface area contributed by atoms with Crippen LogP contribution < -0.4 is 5.73 Å². The van der Waals surface area contributed by atoms with Crippen molar-refractivity contribution < 1.29 is 0 Å². The van der Waals surface area contributed by atoms with E-state index in [9.17, 15) is 0 Å². The van der Waals surface area contributed by atoms with Crippen molar-refractivity contribution >= 4 is 23.2 Å². The van der Waals surface area contributed by atoms with Crippen LogP contribution in [0.2, 0.25) is 10.0 Å². The fourth-order valence-electron chi connectivity index (χ4n) is 2.99. The van der Waals surface area contributed by atoms with Gasteiger partial charge in [-0.3, -0.25) is 0 Å². The van der Waals surface area contributed by atoms with E-state index < -0.39 is 0 Å². The van der Waals surface area contributed by atoms with E-state index in [-0.39, 0.29) is 5.54 Å². The Morgan fingerprint density at radius 1 is 1.28 bits per heavy atom. The molecule has 1 aromatic rings. The van der Waals surface area contributed by atoms with Crippen molar-refractivity contribution in [2.75, 3.05) is 0 Å². The molecule has 2 unspecified atom stereocenters. The van der Waals surface area contributed by atoms with Gasteiger partial charge >= 0.3 is 0 Å². The first-order valence-corrected chi connectivity index (χ1v) is 7.55. The summed E-state index contributed by atoms with van der Waals surface area (Å²) >= 11 is 12.4. The van der Waals surface area contributed by atoms with E-state index in [1.54, 1.807) is 0 Å². The highest BCUT2D eigenvalue weighted by molar-refractivity contribution is 6.33. The normalized spacial score (nSPS) is 29.0. The van der Waals surface area contributed by atoms with Gasteiger partial charge in [0, 0.05) is 15.6 Å². The number of nitrogens with two attached hydrogens (primary N) is 1. The summed E-state index contributed by atoms with van der Waals surface area (Å²) in [6, 6.07) is 5.62. The first-order chi connectivity index (χ1) is 8.55. The molecule has 2 rings (SSSR count). The second-order valence-electron chi connectivity index (χ2n) is 5.49. The second-order valence-corrected chi connectivity index (χ2v) is 6.33. The van der Waals surface area contributed by atoms with Gasteiger partial charge in [-0.2, -0.15) is 0 Å². The Morgan fingerprint density at radius 3 is 2.78 bits per heavy atom. The van der Waals surface area contributed by atoms with Crippen LogP contribution in [0, 0.1) is 5.92 Å². The lowest BCUT2D eigenvalue weighted by molar-refractivity contribution is 0.372. The summed E-state index contributed by atoms with van der Waals surface area (Å²) < 4.78 is 0. The summed E-state index contributed by atoms with van der Waals surface area (Å²) in [5.74, 6) is 0.813. The van der Waals surface area contributed by atoms with Crippen molar-refractivity contribution in [3.8, 4) is 0 Å². The second kappa shape index (κ2) is 5.81. The van der Waals surface area contributed by atoms with Gasteiger partial charge in [0.05, 0.1) is 0 Å². The van der Waals surface area contributed by atoms with E-state index in [0.717, 1.165) is 34.4 Å². The quantitative estimate of drug-likeness (QED) is 0.749. The minimum absolute atomic E-state index is 0.300. The van der Waals surface area contributed by atoms with Gasteiger partial charge in [0.25, 0.3) is 0 Å². The number of halogens is 2. The predicted molar refractivity (Wildman–Crippen MR) is 79.2 cm³/mol. The van der Waals surface area contributed by atoms with Crippen LogP contribution in [0.15, 0.2) is 18.2 Å². The fourth-order valence-corrected chi connectivity index (χ4v) is 3.47. The highest BCUT2D eigenvalue weighted by Crippen LogP contribution is 2.40. The Bertz CT molecular complexity index is 419. The van der Waals surface area contributed by atoms with Gasteiger partial charge in [-0.1, -0.05) is 49.4 Å². The molecule has 1 saturated carbocycles. The molecular formula is C15H21Cl2N. The third-order valence-electron chi connectivity index (χ3n) is 4.28. The molecule has 0 amide bonds. The van der Waals surface area contributed by atoms with E-state index in [2.05, 4.69) is 6.92 Å². The number of benzene rings is 1. The molecule has 1 aliphatic rings. The van der Waals surface area contributed by atoms with Crippen LogP contribution in [0.4, 0.5) is 0 Å². The van der Waals surface area contributed by atoms with E-state index in [1.165, 1.54) is 25.7 Å². The maximum atomic E-state index is 6.62. The van der Waals surface area contributed by atoms with Crippen LogP contribution in [0.3, 0.4) is 0 Å². The molecule has 0 spiro atoms. The zero-order chi connectivity index (χ0) is 13.2. The molecule has 18 heavy (non-hydrogen) atoms. The fraction of sp³-hybridized carbons (Fsp3) is 0.600. The van der Waals surface area contributed by atoms with Crippen LogP contribution in [0.5, 0.6) is 0 Å². The third-order valence-corrected chi connectivity index (χ3v) is 4.84. The highest BCUT2D eigenvalue weighted by Gasteiger charge is 2.32. The van der Waals surface area contributed by atoms with Crippen LogP contribution in [0.25, 0.3) is 0 Å². The minimum atomic E-state index is -0.300. The average Bonchev–Trinajstić information content (AvgIpc) is 2.55. The van der Waals surface area contributed by atoms with E-state index in [0.29, 0.717) is 0 Å². The van der Waals surface area contributed by atoms with Gasteiger partial charge in [-0.15, -0.1) is 0 Å². The Labute approximate surface area is 120 Å². The zero-order valence-electron chi connectivity index (χ0n) is 10.9. The molecule has 1 aromatic carbocycles. The van der Waals surface area contributed by atoms with E-state index in [1.807, 2.05) is 18.2 Å². The molecule has 2 atom stereocenters. The van der Waals surface area contributed by atoms with Crippen molar-refractivity contribution in [3.63, 3.8) is 0 Å². The van der Waals surface area contributed by atoms with Gasteiger partial charge in [0.15, 0.2) is 0 Å². The standard InChI is InChI=1S/C15H21Cl2N/c1-2-11-4-3-8-15(18,9-7-11)13-10-12(16)5-6-14(13)17/h5-6,10-11H,2-4,7-9,18H2,1H3. The third kappa shape index (κ3) is 3.01. The molecule has 0 saturated heterocycles. The van der Waals surface area contributed by atoms with E-state index in [4.69, 9.17) is 28.9 Å². The Morgan fingerprint density at radius 2 is 2.06 bits per heavy atom. The van der Waals surface area contributed by atoms with Gasteiger partial charge in [-0.05, 0) is 48.9 Å². The highest BCUT2D eigenvalue weighted by atomic mass is 35.5. The van der Waals surface area contributed by atoms with Gasteiger partial charge < -0.3 is 5.73 Å². The molecule has 1 nitrogen and oxygen atoms in total. The van der Waals surface area contributed by atoms with Gasteiger partial charge in [0.1, 0.15) is 0 Å². The number of hydrogen-bond acceptors (Lipinski definition) is 1. The van der Waals surface area contributed by atoms with Crippen LogP contribution in [-0.2, 0) is 5.54 Å². The van der Waals surface area contributed by atoms with Crippen molar-refractivity contribution in [1.29, 1.82) is 0 Å². The number of rotatable bonds is 2. The molecule has 2 N–H and O–H groups in total. The summed E-state index contributed by atoms with van der Waals surface area (Å²) in [6.07, 6.45) is 6.91. The zero-order valence-corrected chi connectivity index (χ0v) is 12.4. The topological polar surface area (TPSA) is 26.0 Å². The lowest BCUT2D eigenvalue weighted by Gasteiger charge is -2.30. The average molecular weight is 286 g/mol. The van der Waals surface area contributed by atoms with Crippen molar-refractivity contribution in [1.82, 2.24) is 0 Å². The number of hydrogen-bond donors (Lipinski definition) is 1. The smallest absolute Gasteiger partial charge is 0.0457 e. The predicted octanol–water partition coefficient (Wildman–Crippen LogP) is 5.14.